The van der Waals surface area contributed by atoms with Crippen molar-refractivity contribution in [2.75, 3.05) is 0 Å². The number of hydrogen-bond donors (Lipinski definition) is 1. The van der Waals surface area contributed by atoms with Gasteiger partial charge in [0.05, 0.1) is 0 Å². The van der Waals surface area contributed by atoms with Crippen LogP contribution in [-0.4, -0.2) is 11.2 Å². The molecule has 0 aliphatic carbocycles. The second-order valence-electron chi connectivity index (χ2n) is 0.614. The quantitative estimate of drug-likeness (QED) is 0.253. The zero-order valence-corrected chi connectivity index (χ0v) is 6.72. The molecule has 3 nitrogen and oxygen atoms in total. The van der Waals surface area contributed by atoms with Crippen molar-refractivity contribution in [3.05, 3.63) is 12.7 Å². The van der Waals surface area contributed by atoms with Crippen molar-refractivity contribution in [2.45, 2.75) is 0 Å². The van der Waals surface area contributed by atoms with E-state index in [-0.39, 0.29) is 19.5 Å². The van der Waals surface area contributed by atoms with Gasteiger partial charge in [-0.15, -0.1) is 0 Å². The summed E-state index contributed by atoms with van der Waals surface area (Å²) in [4.78, 5) is 12.7. The molecule has 0 amide bonds. The van der Waals surface area contributed by atoms with Crippen LogP contribution in [0.15, 0.2) is 12.7 Å². The van der Waals surface area contributed by atoms with E-state index in [0.717, 1.165) is 6.08 Å². The maximum Gasteiger partial charge on any atom is 0.365 e. The molecule has 0 unspecified atom stereocenters. The van der Waals surface area contributed by atoms with Crippen LogP contribution in [0.5, 0.6) is 0 Å². The molecule has 0 heterocycles. The van der Waals surface area contributed by atoms with E-state index in [4.69, 9.17) is 5.26 Å². The summed E-state index contributed by atoms with van der Waals surface area (Å²) in [6.45, 7) is 3.00. The minimum Gasteiger partial charge on any atom is -0.296 e. The summed E-state index contributed by atoms with van der Waals surface area (Å²) in [5.41, 5.74) is 0. The molecule has 7 heavy (non-hydrogen) atoms. The Hall–Kier alpha value is -0.207. The third-order valence-electron chi connectivity index (χ3n) is 0.257. The summed E-state index contributed by atoms with van der Waals surface area (Å²) in [5.74, 6) is -0.838. The molecular weight excluding hydrogens is 149 g/mol. The van der Waals surface area contributed by atoms with Crippen LogP contribution in [0.4, 0.5) is 0 Å². The molecule has 0 saturated heterocycles. The van der Waals surface area contributed by atoms with Crippen molar-refractivity contribution in [3.8, 4) is 0 Å². The van der Waals surface area contributed by atoms with Crippen LogP contribution in [0.3, 0.4) is 0 Å². The minimum absolute atomic E-state index is 0. The van der Waals surface area contributed by atoms with Crippen LogP contribution >= 0.6 is 0 Å². The first-order valence-electron chi connectivity index (χ1n) is 1.29. The zero-order valence-electron chi connectivity index (χ0n) is 3.76. The molecule has 1 N–H and O–H groups in total. The normalized spacial score (nSPS) is 5.86. The second-order valence-corrected chi connectivity index (χ2v) is 0.614. The summed E-state index contributed by atoms with van der Waals surface area (Å²) in [7, 11) is 0. The number of carbonyl (C=O) groups is 1. The summed E-state index contributed by atoms with van der Waals surface area (Å²) >= 11 is 0. The van der Waals surface area contributed by atoms with Gasteiger partial charge in [-0.2, -0.15) is 5.26 Å². The molecule has 0 bridgehead atoms. The first kappa shape index (κ1) is 9.92. The van der Waals surface area contributed by atoms with E-state index < -0.39 is 5.97 Å². The smallest absolute Gasteiger partial charge is 0.296 e. The van der Waals surface area contributed by atoms with E-state index in [0.29, 0.717) is 0 Å². The molecule has 0 saturated carbocycles. The molecule has 0 aromatic carbocycles. The average molecular weight is 153 g/mol. The average Bonchev–Trinajstić information content (AvgIpc) is 1.65. The fourth-order valence-electron chi connectivity index (χ4n) is 0.0373. The Kier molecular flexibility index (Phi) is 8.21. The van der Waals surface area contributed by atoms with E-state index in [9.17, 15) is 4.79 Å². The largest absolute Gasteiger partial charge is 0.365 e. The number of hydrogen-bond acceptors (Lipinski definition) is 3. The van der Waals surface area contributed by atoms with E-state index >= 15 is 0 Å². The van der Waals surface area contributed by atoms with Crippen molar-refractivity contribution in [1.82, 2.24) is 0 Å². The first-order chi connectivity index (χ1) is 2.81. The van der Waals surface area contributed by atoms with Gasteiger partial charge in [-0.3, -0.25) is 4.89 Å². The van der Waals surface area contributed by atoms with Crippen molar-refractivity contribution in [2.24, 2.45) is 0 Å². The Morgan fingerprint density at radius 2 is 2.29 bits per heavy atom. The van der Waals surface area contributed by atoms with Gasteiger partial charge in [0.1, 0.15) is 0 Å². The van der Waals surface area contributed by atoms with Crippen LogP contribution in [0, 0.1) is 0 Å². The van der Waals surface area contributed by atoms with Crippen molar-refractivity contribution < 1.29 is 34.4 Å². The SMILES string of the molecule is C=CC(=O)OO.[Zn]. The Morgan fingerprint density at radius 1 is 1.86 bits per heavy atom. The Morgan fingerprint density at radius 3 is 2.29 bits per heavy atom. The van der Waals surface area contributed by atoms with Gasteiger partial charge in [0.15, 0.2) is 0 Å². The summed E-state index contributed by atoms with van der Waals surface area (Å²) < 4.78 is 0. The van der Waals surface area contributed by atoms with Gasteiger partial charge in [-0.1, -0.05) is 6.58 Å². The third-order valence-corrected chi connectivity index (χ3v) is 0.257. The fourth-order valence-corrected chi connectivity index (χ4v) is 0.0373. The summed E-state index contributed by atoms with van der Waals surface area (Å²) in [6, 6.07) is 0. The predicted octanol–water partition coefficient (Wildman–Crippen LogP) is 0.186. The summed E-state index contributed by atoms with van der Waals surface area (Å²) in [5, 5.41) is 7.41. The molecule has 0 rings (SSSR count). The standard InChI is InChI=1S/C3H4O3.Zn/c1-2-3(4)6-5;/h2,5H,1H2;. The second kappa shape index (κ2) is 5.79. The molecule has 36 valence electrons. The Bertz CT molecular complexity index is 70.6. The van der Waals surface area contributed by atoms with E-state index in [1.165, 1.54) is 0 Å². The maximum absolute atomic E-state index is 9.59. The van der Waals surface area contributed by atoms with Crippen molar-refractivity contribution in [1.29, 1.82) is 0 Å². The van der Waals surface area contributed by atoms with Crippen molar-refractivity contribution in [3.63, 3.8) is 0 Å². The molecule has 0 aliphatic rings. The molecule has 0 aromatic rings. The Labute approximate surface area is 53.7 Å². The molecule has 0 fully saturated rings. The maximum atomic E-state index is 9.59. The number of rotatable bonds is 1. The monoisotopic (exact) mass is 152 g/mol. The molecule has 0 atom stereocenters. The first-order valence-corrected chi connectivity index (χ1v) is 1.29. The van der Waals surface area contributed by atoms with Gasteiger partial charge in [-0.05, 0) is 0 Å². The van der Waals surface area contributed by atoms with Crippen LogP contribution in [0.2, 0.25) is 0 Å². The van der Waals surface area contributed by atoms with Gasteiger partial charge >= 0.3 is 5.97 Å². The molecule has 4 heteroatoms. The van der Waals surface area contributed by atoms with Crippen LogP contribution < -0.4 is 0 Å². The van der Waals surface area contributed by atoms with Crippen molar-refractivity contribution >= 4 is 5.97 Å². The van der Waals surface area contributed by atoms with E-state index in [1.54, 1.807) is 0 Å². The molecule has 0 aliphatic heterocycles. The molecule has 0 radical (unpaired) electrons. The molecular formula is C3H4O3Zn. The summed E-state index contributed by atoms with van der Waals surface area (Å²) in [6.07, 6.45) is 0.861. The fraction of sp³-hybridized carbons (Fsp3) is 0. The minimum atomic E-state index is -0.838. The van der Waals surface area contributed by atoms with Gasteiger partial charge < -0.3 is 0 Å². The van der Waals surface area contributed by atoms with Gasteiger partial charge in [-0.25, -0.2) is 4.79 Å². The molecule has 0 spiro atoms. The van der Waals surface area contributed by atoms with Crippen LogP contribution in [0.25, 0.3) is 0 Å². The van der Waals surface area contributed by atoms with Crippen LogP contribution in [-0.2, 0) is 29.2 Å². The molecule has 0 aromatic heterocycles. The van der Waals surface area contributed by atoms with Gasteiger partial charge in [0, 0.05) is 25.6 Å². The number of carbonyl (C=O) groups excluding carboxylic acids is 1. The predicted molar refractivity (Wildman–Crippen MR) is 18.9 cm³/mol. The van der Waals surface area contributed by atoms with Gasteiger partial charge in [0.2, 0.25) is 0 Å². The Balaban J connectivity index is 0. The topological polar surface area (TPSA) is 46.5 Å². The van der Waals surface area contributed by atoms with Crippen LogP contribution in [0.1, 0.15) is 0 Å². The zero-order chi connectivity index (χ0) is 4.99. The van der Waals surface area contributed by atoms with Gasteiger partial charge in [0.25, 0.3) is 0 Å². The van der Waals surface area contributed by atoms with E-state index in [2.05, 4.69) is 11.5 Å². The van der Waals surface area contributed by atoms with E-state index in [1.807, 2.05) is 0 Å². The third kappa shape index (κ3) is 5.79.